The predicted octanol–water partition coefficient (Wildman–Crippen LogP) is 3.41. The van der Waals surface area contributed by atoms with Crippen molar-refractivity contribution >= 4 is 24.0 Å². The van der Waals surface area contributed by atoms with E-state index in [0.29, 0.717) is 11.6 Å². The molecule has 19 heavy (non-hydrogen) atoms. The molecule has 102 valence electrons. The van der Waals surface area contributed by atoms with Gasteiger partial charge in [0.1, 0.15) is 6.10 Å². The zero-order valence-electron chi connectivity index (χ0n) is 10.2. The minimum atomic E-state index is -0.666. The van der Waals surface area contributed by atoms with E-state index in [-0.39, 0.29) is 19.0 Å². The van der Waals surface area contributed by atoms with Crippen LogP contribution in [-0.2, 0) is 11.3 Å². The Kier molecular flexibility index (Phi) is 6.81. The maximum absolute atomic E-state index is 9.92. The van der Waals surface area contributed by atoms with Crippen LogP contribution in [0.1, 0.15) is 17.2 Å². The number of aliphatic hydroxyl groups is 1. The van der Waals surface area contributed by atoms with Crippen molar-refractivity contribution in [1.82, 2.24) is 4.98 Å². The summed E-state index contributed by atoms with van der Waals surface area (Å²) in [7, 11) is 0. The Labute approximate surface area is 123 Å². The first kappa shape index (κ1) is 15.9. The number of ether oxygens (including phenoxy) is 1. The smallest absolute Gasteiger partial charge is 0.102 e. The molecule has 1 heterocycles. The number of aromatic nitrogens is 1. The first-order valence-electron chi connectivity index (χ1n) is 5.66. The van der Waals surface area contributed by atoms with Crippen molar-refractivity contribution in [3.05, 3.63) is 64.9 Å². The highest BCUT2D eigenvalue weighted by Gasteiger charge is 2.07. The van der Waals surface area contributed by atoms with Crippen LogP contribution in [0.4, 0.5) is 0 Å². The van der Waals surface area contributed by atoms with Crippen molar-refractivity contribution in [3.63, 3.8) is 0 Å². The number of halogens is 2. The molecule has 1 atom stereocenters. The molecule has 1 N–H and O–H groups in total. The molecule has 0 amide bonds. The maximum Gasteiger partial charge on any atom is 0.102 e. The van der Waals surface area contributed by atoms with E-state index in [1.54, 1.807) is 24.5 Å². The molecule has 0 fully saturated rings. The van der Waals surface area contributed by atoms with Crippen LogP contribution in [0.2, 0.25) is 5.02 Å². The molecule has 0 radical (unpaired) electrons. The number of rotatable bonds is 5. The molecule has 2 rings (SSSR count). The zero-order valence-corrected chi connectivity index (χ0v) is 11.8. The van der Waals surface area contributed by atoms with Gasteiger partial charge in [0.2, 0.25) is 0 Å². The molecule has 0 aliphatic heterocycles. The molecule has 0 spiro atoms. The van der Waals surface area contributed by atoms with Crippen molar-refractivity contribution < 1.29 is 9.84 Å². The second-order valence-corrected chi connectivity index (χ2v) is 4.38. The summed E-state index contributed by atoms with van der Waals surface area (Å²) in [5.41, 5.74) is 1.74. The van der Waals surface area contributed by atoms with Crippen LogP contribution in [-0.4, -0.2) is 16.7 Å². The Morgan fingerprint density at radius 2 is 2.11 bits per heavy atom. The third kappa shape index (κ3) is 5.17. The molecular formula is C14H15Cl2NO2. The van der Waals surface area contributed by atoms with Gasteiger partial charge in [-0.2, -0.15) is 0 Å². The maximum atomic E-state index is 9.92. The topological polar surface area (TPSA) is 42.4 Å². The first-order valence-corrected chi connectivity index (χ1v) is 6.03. The van der Waals surface area contributed by atoms with Crippen LogP contribution in [0.3, 0.4) is 0 Å². The molecule has 0 aliphatic carbocycles. The summed E-state index contributed by atoms with van der Waals surface area (Å²) in [6, 6.07) is 10.9. The fourth-order valence-electron chi connectivity index (χ4n) is 1.58. The molecule has 0 aliphatic rings. The molecule has 3 nitrogen and oxygen atoms in total. The van der Waals surface area contributed by atoms with Crippen molar-refractivity contribution in [2.24, 2.45) is 0 Å². The number of hydrogen-bond acceptors (Lipinski definition) is 3. The van der Waals surface area contributed by atoms with Gasteiger partial charge in [0.05, 0.1) is 13.2 Å². The molecule has 2 aromatic rings. The van der Waals surface area contributed by atoms with Gasteiger partial charge in [-0.1, -0.05) is 29.8 Å². The molecule has 0 saturated carbocycles. The lowest BCUT2D eigenvalue weighted by atomic mass is 10.1. The molecule has 5 heteroatoms. The van der Waals surface area contributed by atoms with E-state index in [1.165, 1.54) is 0 Å². The fourth-order valence-corrected chi connectivity index (χ4v) is 1.78. The van der Waals surface area contributed by atoms with Crippen LogP contribution in [0.25, 0.3) is 0 Å². The monoisotopic (exact) mass is 299 g/mol. The van der Waals surface area contributed by atoms with Gasteiger partial charge >= 0.3 is 0 Å². The van der Waals surface area contributed by atoms with Crippen LogP contribution in [0.15, 0.2) is 48.8 Å². The van der Waals surface area contributed by atoms with Gasteiger partial charge in [0.25, 0.3) is 0 Å². The van der Waals surface area contributed by atoms with Gasteiger partial charge < -0.3 is 9.84 Å². The second kappa shape index (κ2) is 8.12. The van der Waals surface area contributed by atoms with Crippen molar-refractivity contribution in [2.45, 2.75) is 12.7 Å². The van der Waals surface area contributed by atoms with Gasteiger partial charge in [-0.05, 0) is 29.3 Å². The molecular weight excluding hydrogens is 285 g/mol. The van der Waals surface area contributed by atoms with Crippen molar-refractivity contribution in [3.8, 4) is 0 Å². The van der Waals surface area contributed by atoms with Crippen LogP contribution in [0, 0.1) is 0 Å². The molecule has 0 bridgehead atoms. The number of hydrogen-bond donors (Lipinski definition) is 1. The minimum absolute atomic E-state index is 0. The lowest BCUT2D eigenvalue weighted by Gasteiger charge is -2.11. The zero-order chi connectivity index (χ0) is 12.8. The van der Waals surface area contributed by atoms with Crippen molar-refractivity contribution in [1.29, 1.82) is 0 Å². The Morgan fingerprint density at radius 3 is 2.79 bits per heavy atom. The van der Waals surface area contributed by atoms with Crippen LogP contribution < -0.4 is 0 Å². The molecule has 1 aromatic heterocycles. The lowest BCUT2D eigenvalue weighted by Crippen LogP contribution is -2.07. The van der Waals surface area contributed by atoms with Gasteiger partial charge in [0, 0.05) is 17.4 Å². The third-order valence-corrected chi connectivity index (χ3v) is 2.74. The summed E-state index contributed by atoms with van der Waals surface area (Å²) in [5.74, 6) is 0. The van der Waals surface area contributed by atoms with Crippen LogP contribution in [0.5, 0.6) is 0 Å². The Hall–Kier alpha value is -1.13. The molecule has 1 unspecified atom stereocenters. The van der Waals surface area contributed by atoms with E-state index in [0.717, 1.165) is 11.1 Å². The van der Waals surface area contributed by atoms with E-state index in [1.807, 2.05) is 24.3 Å². The van der Waals surface area contributed by atoms with Crippen molar-refractivity contribution in [2.75, 3.05) is 6.61 Å². The van der Waals surface area contributed by atoms with Gasteiger partial charge in [-0.15, -0.1) is 12.4 Å². The van der Waals surface area contributed by atoms with E-state index < -0.39 is 6.10 Å². The van der Waals surface area contributed by atoms with Gasteiger partial charge in [-0.3, -0.25) is 4.98 Å². The largest absolute Gasteiger partial charge is 0.386 e. The quantitative estimate of drug-likeness (QED) is 0.920. The summed E-state index contributed by atoms with van der Waals surface area (Å²) >= 11 is 5.86. The normalized spacial score (nSPS) is 11.7. The Balaban J connectivity index is 0.00000180. The summed E-state index contributed by atoms with van der Waals surface area (Å²) in [6.07, 6.45) is 2.79. The summed E-state index contributed by atoms with van der Waals surface area (Å²) in [6.45, 7) is 0.667. The second-order valence-electron chi connectivity index (χ2n) is 3.95. The highest BCUT2D eigenvalue weighted by atomic mass is 35.5. The summed E-state index contributed by atoms with van der Waals surface area (Å²) in [4.78, 5) is 3.99. The summed E-state index contributed by atoms with van der Waals surface area (Å²) < 4.78 is 5.44. The standard InChI is InChI=1S/C14H14ClNO2.ClH/c15-13-5-1-4-12(7-13)14(17)10-18-9-11-3-2-6-16-8-11;/h1-8,14,17H,9-10H2;1H. The number of nitrogens with zero attached hydrogens (tertiary/aromatic N) is 1. The highest BCUT2D eigenvalue weighted by molar-refractivity contribution is 6.30. The first-order chi connectivity index (χ1) is 8.75. The number of pyridine rings is 1. The average Bonchev–Trinajstić information content (AvgIpc) is 2.40. The highest BCUT2D eigenvalue weighted by Crippen LogP contribution is 2.18. The SMILES string of the molecule is Cl.OC(COCc1cccnc1)c1cccc(Cl)c1. The number of benzene rings is 1. The predicted molar refractivity (Wildman–Crippen MR) is 77.6 cm³/mol. The fraction of sp³-hybridized carbons (Fsp3) is 0.214. The van der Waals surface area contributed by atoms with E-state index in [9.17, 15) is 5.11 Å². The minimum Gasteiger partial charge on any atom is -0.386 e. The summed E-state index contributed by atoms with van der Waals surface area (Å²) in [5, 5.41) is 10.5. The van der Waals surface area contributed by atoms with E-state index >= 15 is 0 Å². The average molecular weight is 300 g/mol. The van der Waals surface area contributed by atoms with E-state index in [4.69, 9.17) is 16.3 Å². The van der Waals surface area contributed by atoms with Crippen LogP contribution >= 0.6 is 24.0 Å². The van der Waals surface area contributed by atoms with E-state index in [2.05, 4.69) is 4.98 Å². The molecule has 1 aromatic carbocycles. The van der Waals surface area contributed by atoms with Gasteiger partial charge in [-0.25, -0.2) is 0 Å². The number of aliphatic hydroxyl groups excluding tert-OH is 1. The molecule has 0 saturated heterocycles. The van der Waals surface area contributed by atoms with Gasteiger partial charge in [0.15, 0.2) is 0 Å². The lowest BCUT2D eigenvalue weighted by molar-refractivity contribution is 0.0276. The third-order valence-electron chi connectivity index (χ3n) is 2.50. The Bertz CT molecular complexity index is 494. The Morgan fingerprint density at radius 1 is 1.26 bits per heavy atom.